The lowest BCUT2D eigenvalue weighted by molar-refractivity contribution is 0.0945. The highest BCUT2D eigenvalue weighted by atomic mass is 35.5. The normalized spacial score (nSPS) is 11.1. The number of aromatic nitrogens is 4. The molecule has 0 fully saturated rings. The maximum Gasteiger partial charge on any atom is 0.270 e. The number of hydrogen-bond acceptors (Lipinski definition) is 5. The summed E-state index contributed by atoms with van der Waals surface area (Å²) >= 11 is 6.01. The summed E-state index contributed by atoms with van der Waals surface area (Å²) in [6, 6.07) is 18.8. The van der Waals surface area contributed by atoms with E-state index in [2.05, 4.69) is 20.6 Å². The van der Waals surface area contributed by atoms with E-state index in [0.717, 1.165) is 11.3 Å². The number of para-hydroxylation sites is 1. The van der Waals surface area contributed by atoms with E-state index in [4.69, 9.17) is 16.1 Å². The van der Waals surface area contributed by atoms with Gasteiger partial charge in [-0.3, -0.25) is 4.79 Å². The van der Waals surface area contributed by atoms with Gasteiger partial charge in [0.15, 0.2) is 5.82 Å². The van der Waals surface area contributed by atoms with Gasteiger partial charge in [0.1, 0.15) is 5.69 Å². The Morgan fingerprint density at radius 1 is 1.12 bits per heavy atom. The lowest BCUT2D eigenvalue weighted by Gasteiger charge is -2.08. The molecule has 2 aromatic carbocycles. The standard InChI is InChI=1S/C24H24ClN5O2/c1-16(2)23-27-22(32-29-23)9-6-14-26-24(31)21-15-20(17-10-12-18(25)13-11-17)28-30(21)19-7-4-3-5-8-19/h3-5,7-8,10-13,15-16H,6,9,14H2,1-2H3,(H,26,31). The minimum Gasteiger partial charge on any atom is -0.351 e. The molecule has 0 saturated carbocycles. The molecule has 0 radical (unpaired) electrons. The molecule has 2 heterocycles. The first kappa shape index (κ1) is 21.8. The van der Waals surface area contributed by atoms with E-state index in [1.54, 1.807) is 22.9 Å². The van der Waals surface area contributed by atoms with Crippen molar-refractivity contribution in [1.29, 1.82) is 0 Å². The first-order valence-corrected chi connectivity index (χ1v) is 10.9. The minimum atomic E-state index is -0.199. The van der Waals surface area contributed by atoms with Crippen molar-refractivity contribution in [3.63, 3.8) is 0 Å². The average molecular weight is 450 g/mol. The van der Waals surface area contributed by atoms with Crippen molar-refractivity contribution < 1.29 is 9.32 Å². The van der Waals surface area contributed by atoms with Gasteiger partial charge in [0.05, 0.1) is 11.4 Å². The quantitative estimate of drug-likeness (QED) is 0.380. The first-order chi connectivity index (χ1) is 15.5. The molecule has 0 aliphatic carbocycles. The Kier molecular flexibility index (Phi) is 6.66. The van der Waals surface area contributed by atoms with Crippen molar-refractivity contribution in [2.75, 3.05) is 6.54 Å². The summed E-state index contributed by atoms with van der Waals surface area (Å²) in [4.78, 5) is 17.4. The molecule has 1 N–H and O–H groups in total. The van der Waals surface area contributed by atoms with Crippen LogP contribution in [0.5, 0.6) is 0 Å². The van der Waals surface area contributed by atoms with Crippen molar-refractivity contribution in [2.24, 2.45) is 0 Å². The van der Waals surface area contributed by atoms with Crippen LogP contribution in [0.3, 0.4) is 0 Å². The highest BCUT2D eigenvalue weighted by Crippen LogP contribution is 2.23. The predicted molar refractivity (Wildman–Crippen MR) is 123 cm³/mol. The van der Waals surface area contributed by atoms with Gasteiger partial charge >= 0.3 is 0 Å². The third kappa shape index (κ3) is 5.06. The number of rotatable bonds is 8. The molecule has 0 unspecified atom stereocenters. The Bertz CT molecular complexity index is 1180. The number of hydrogen-bond donors (Lipinski definition) is 1. The van der Waals surface area contributed by atoms with Crippen LogP contribution in [0.1, 0.15) is 48.4 Å². The summed E-state index contributed by atoms with van der Waals surface area (Å²) in [5.41, 5.74) is 2.85. The molecule has 32 heavy (non-hydrogen) atoms. The van der Waals surface area contributed by atoms with Crippen molar-refractivity contribution in [3.05, 3.63) is 83.1 Å². The van der Waals surface area contributed by atoms with Gasteiger partial charge in [-0.1, -0.05) is 60.9 Å². The number of carbonyl (C=O) groups excluding carboxylic acids is 1. The van der Waals surface area contributed by atoms with Crippen LogP contribution in [0.4, 0.5) is 0 Å². The van der Waals surface area contributed by atoms with Crippen molar-refractivity contribution in [3.8, 4) is 16.9 Å². The smallest absolute Gasteiger partial charge is 0.270 e. The zero-order valence-electron chi connectivity index (χ0n) is 18.0. The first-order valence-electron chi connectivity index (χ1n) is 10.5. The third-order valence-electron chi connectivity index (χ3n) is 4.94. The summed E-state index contributed by atoms with van der Waals surface area (Å²) in [6.07, 6.45) is 1.29. The largest absolute Gasteiger partial charge is 0.351 e. The molecular formula is C24H24ClN5O2. The van der Waals surface area contributed by atoms with Crippen molar-refractivity contribution in [1.82, 2.24) is 25.2 Å². The maximum absolute atomic E-state index is 13.0. The number of amides is 1. The fourth-order valence-corrected chi connectivity index (χ4v) is 3.33. The molecule has 0 spiro atoms. The lowest BCUT2D eigenvalue weighted by atomic mass is 10.1. The summed E-state index contributed by atoms with van der Waals surface area (Å²) in [5.74, 6) is 1.31. The van der Waals surface area contributed by atoms with Gasteiger partial charge in [0.2, 0.25) is 5.89 Å². The molecule has 0 aliphatic heterocycles. The summed E-state index contributed by atoms with van der Waals surface area (Å²) in [5, 5.41) is 12.3. The second-order valence-electron chi connectivity index (χ2n) is 7.73. The van der Waals surface area contributed by atoms with Crippen LogP contribution in [0, 0.1) is 0 Å². The van der Waals surface area contributed by atoms with Gasteiger partial charge < -0.3 is 9.84 Å². The number of carbonyl (C=O) groups is 1. The van der Waals surface area contributed by atoms with E-state index in [1.165, 1.54) is 0 Å². The monoisotopic (exact) mass is 449 g/mol. The van der Waals surface area contributed by atoms with Crippen LogP contribution in [0.25, 0.3) is 16.9 Å². The number of aryl methyl sites for hydroxylation is 1. The molecule has 4 rings (SSSR count). The number of nitrogens with one attached hydrogen (secondary N) is 1. The summed E-state index contributed by atoms with van der Waals surface area (Å²) in [6.45, 7) is 4.51. The maximum atomic E-state index is 13.0. The second-order valence-corrected chi connectivity index (χ2v) is 8.17. The van der Waals surface area contributed by atoms with E-state index < -0.39 is 0 Å². The van der Waals surface area contributed by atoms with E-state index >= 15 is 0 Å². The second kappa shape index (κ2) is 9.78. The Hall–Kier alpha value is -3.45. The fraction of sp³-hybridized carbons (Fsp3) is 0.250. The van der Waals surface area contributed by atoms with Crippen LogP contribution in [0.2, 0.25) is 5.02 Å². The molecule has 7 nitrogen and oxygen atoms in total. The number of nitrogens with zero attached hydrogens (tertiary/aromatic N) is 4. The molecule has 8 heteroatoms. The Balaban J connectivity index is 1.48. The van der Waals surface area contributed by atoms with E-state index in [0.29, 0.717) is 47.5 Å². The molecule has 1 amide bonds. The SMILES string of the molecule is CC(C)c1noc(CCCNC(=O)c2cc(-c3ccc(Cl)cc3)nn2-c2ccccc2)n1. The molecule has 0 atom stereocenters. The topological polar surface area (TPSA) is 85.8 Å². The minimum absolute atomic E-state index is 0.199. The van der Waals surface area contributed by atoms with Crippen molar-refractivity contribution >= 4 is 17.5 Å². The molecule has 2 aromatic heterocycles. The van der Waals surface area contributed by atoms with Crippen molar-refractivity contribution in [2.45, 2.75) is 32.6 Å². The summed E-state index contributed by atoms with van der Waals surface area (Å²) < 4.78 is 6.92. The molecule has 0 bridgehead atoms. The Morgan fingerprint density at radius 3 is 2.56 bits per heavy atom. The molecule has 0 saturated heterocycles. The molecule has 4 aromatic rings. The van der Waals surface area contributed by atoms with Gasteiger partial charge in [-0.2, -0.15) is 10.1 Å². The molecule has 164 valence electrons. The average Bonchev–Trinajstić information content (AvgIpc) is 3.46. The van der Waals surface area contributed by atoms with E-state index in [1.807, 2.05) is 56.3 Å². The van der Waals surface area contributed by atoms with Gasteiger partial charge in [-0.05, 0) is 36.8 Å². The van der Waals surface area contributed by atoms with Gasteiger partial charge in [0.25, 0.3) is 5.91 Å². The predicted octanol–water partition coefficient (Wildman–Crippen LogP) is 5.06. The molecular weight excluding hydrogens is 426 g/mol. The van der Waals surface area contributed by atoms with Gasteiger partial charge in [-0.25, -0.2) is 4.68 Å². The molecule has 0 aliphatic rings. The van der Waals surface area contributed by atoms with Gasteiger partial charge in [0, 0.05) is 29.5 Å². The van der Waals surface area contributed by atoms with Crippen LogP contribution < -0.4 is 5.32 Å². The zero-order chi connectivity index (χ0) is 22.5. The third-order valence-corrected chi connectivity index (χ3v) is 5.19. The lowest BCUT2D eigenvalue weighted by Crippen LogP contribution is -2.27. The number of halogens is 1. The van der Waals surface area contributed by atoms with Crippen LogP contribution in [-0.2, 0) is 6.42 Å². The fourth-order valence-electron chi connectivity index (χ4n) is 3.21. The number of benzene rings is 2. The Labute approximate surface area is 191 Å². The summed E-state index contributed by atoms with van der Waals surface area (Å²) in [7, 11) is 0. The highest BCUT2D eigenvalue weighted by Gasteiger charge is 2.18. The highest BCUT2D eigenvalue weighted by molar-refractivity contribution is 6.30. The van der Waals surface area contributed by atoms with Gasteiger partial charge in [-0.15, -0.1) is 0 Å². The van der Waals surface area contributed by atoms with E-state index in [-0.39, 0.29) is 11.8 Å². The van der Waals surface area contributed by atoms with E-state index in [9.17, 15) is 4.79 Å². The van der Waals surface area contributed by atoms with Crippen LogP contribution in [0.15, 0.2) is 65.2 Å². The zero-order valence-corrected chi connectivity index (χ0v) is 18.7. The van der Waals surface area contributed by atoms with Crippen LogP contribution >= 0.6 is 11.6 Å². The Morgan fingerprint density at radius 2 is 1.88 bits per heavy atom. The van der Waals surface area contributed by atoms with Crippen LogP contribution in [-0.4, -0.2) is 32.4 Å².